The SMILES string of the molecule is CCCc1cc(=O)c2c(Br)ccc(Br)c2[nH]1. The molecule has 0 spiro atoms. The molecule has 1 heterocycles. The van der Waals surface area contributed by atoms with E-state index in [-0.39, 0.29) is 5.43 Å². The van der Waals surface area contributed by atoms with Gasteiger partial charge in [-0.25, -0.2) is 0 Å². The second-order valence-corrected chi connectivity index (χ2v) is 5.40. The van der Waals surface area contributed by atoms with Gasteiger partial charge in [-0.2, -0.15) is 0 Å². The summed E-state index contributed by atoms with van der Waals surface area (Å²) in [6.45, 7) is 2.10. The lowest BCUT2D eigenvalue weighted by molar-refractivity contribution is 0.888. The van der Waals surface area contributed by atoms with Gasteiger partial charge >= 0.3 is 0 Å². The number of hydrogen-bond donors (Lipinski definition) is 1. The van der Waals surface area contributed by atoms with Crippen LogP contribution in [0.1, 0.15) is 19.0 Å². The second kappa shape index (κ2) is 4.72. The lowest BCUT2D eigenvalue weighted by atomic mass is 10.1. The van der Waals surface area contributed by atoms with Crippen LogP contribution in [-0.4, -0.2) is 4.98 Å². The molecule has 16 heavy (non-hydrogen) atoms. The van der Waals surface area contributed by atoms with Crippen LogP contribution < -0.4 is 5.43 Å². The lowest BCUT2D eigenvalue weighted by Crippen LogP contribution is -2.06. The molecule has 4 heteroatoms. The van der Waals surface area contributed by atoms with Crippen molar-refractivity contribution in [1.82, 2.24) is 4.98 Å². The minimum Gasteiger partial charge on any atom is -0.357 e. The van der Waals surface area contributed by atoms with E-state index in [1.165, 1.54) is 0 Å². The van der Waals surface area contributed by atoms with Crippen molar-refractivity contribution < 1.29 is 0 Å². The summed E-state index contributed by atoms with van der Waals surface area (Å²) >= 11 is 6.86. The number of rotatable bonds is 2. The molecule has 0 aliphatic rings. The van der Waals surface area contributed by atoms with Crippen molar-refractivity contribution in [2.24, 2.45) is 0 Å². The molecule has 2 nitrogen and oxygen atoms in total. The van der Waals surface area contributed by atoms with E-state index in [0.717, 1.165) is 33.0 Å². The highest BCUT2D eigenvalue weighted by Gasteiger charge is 2.08. The van der Waals surface area contributed by atoms with Crippen LogP contribution in [0.15, 0.2) is 31.9 Å². The number of aryl methyl sites for hydroxylation is 1. The highest BCUT2D eigenvalue weighted by Crippen LogP contribution is 2.26. The number of H-pyrrole nitrogens is 1. The molecule has 0 aliphatic heterocycles. The summed E-state index contributed by atoms with van der Waals surface area (Å²) in [6, 6.07) is 5.49. The van der Waals surface area contributed by atoms with Crippen molar-refractivity contribution in [2.45, 2.75) is 19.8 Å². The molecule has 0 bridgehead atoms. The van der Waals surface area contributed by atoms with E-state index >= 15 is 0 Å². The molecular formula is C12H11Br2NO. The fraction of sp³-hybridized carbons (Fsp3) is 0.250. The Kier molecular flexibility index (Phi) is 3.50. The molecule has 2 aromatic rings. The number of benzene rings is 1. The molecule has 1 aromatic heterocycles. The molecular weight excluding hydrogens is 334 g/mol. The molecule has 0 unspecified atom stereocenters. The smallest absolute Gasteiger partial charge is 0.190 e. The number of aromatic amines is 1. The first-order chi connectivity index (χ1) is 7.63. The number of nitrogens with one attached hydrogen (secondary N) is 1. The average Bonchev–Trinajstić information content (AvgIpc) is 2.23. The van der Waals surface area contributed by atoms with Gasteiger partial charge in [0.2, 0.25) is 0 Å². The first-order valence-corrected chi connectivity index (χ1v) is 6.72. The van der Waals surface area contributed by atoms with Crippen molar-refractivity contribution in [1.29, 1.82) is 0 Å². The van der Waals surface area contributed by atoms with Crippen LogP contribution in [0.25, 0.3) is 10.9 Å². The van der Waals surface area contributed by atoms with E-state index < -0.39 is 0 Å². The number of halogens is 2. The molecule has 1 N–H and O–H groups in total. The van der Waals surface area contributed by atoms with Crippen LogP contribution in [0.3, 0.4) is 0 Å². The van der Waals surface area contributed by atoms with E-state index in [2.05, 4.69) is 43.8 Å². The van der Waals surface area contributed by atoms with Gasteiger partial charge in [-0.15, -0.1) is 0 Å². The minimum atomic E-state index is 0.0605. The summed E-state index contributed by atoms with van der Waals surface area (Å²) in [5.74, 6) is 0. The molecule has 0 fully saturated rings. The third-order valence-electron chi connectivity index (χ3n) is 2.46. The molecule has 84 valence electrons. The molecule has 0 atom stereocenters. The Morgan fingerprint density at radius 1 is 1.25 bits per heavy atom. The predicted molar refractivity (Wildman–Crippen MR) is 74.0 cm³/mol. The van der Waals surface area contributed by atoms with Gasteiger partial charge in [0, 0.05) is 20.7 Å². The lowest BCUT2D eigenvalue weighted by Gasteiger charge is -2.06. The molecule has 0 radical (unpaired) electrons. The van der Waals surface area contributed by atoms with E-state index in [0.29, 0.717) is 5.39 Å². The van der Waals surface area contributed by atoms with Gasteiger partial charge in [0.1, 0.15) is 0 Å². The van der Waals surface area contributed by atoms with Crippen LogP contribution in [0.2, 0.25) is 0 Å². The van der Waals surface area contributed by atoms with Crippen LogP contribution in [0.5, 0.6) is 0 Å². The fourth-order valence-corrected chi connectivity index (χ4v) is 2.70. The quantitative estimate of drug-likeness (QED) is 0.877. The van der Waals surface area contributed by atoms with Crippen molar-refractivity contribution in [2.75, 3.05) is 0 Å². The standard InChI is InChI=1S/C12H11Br2NO/c1-2-3-7-6-10(16)11-8(13)4-5-9(14)12(11)15-7/h4-6H,2-3H2,1H3,(H,15,16). The van der Waals surface area contributed by atoms with Crippen molar-refractivity contribution in [3.05, 3.63) is 43.1 Å². The Morgan fingerprint density at radius 3 is 2.62 bits per heavy atom. The Balaban J connectivity index is 2.81. The van der Waals surface area contributed by atoms with E-state index in [9.17, 15) is 4.79 Å². The molecule has 0 saturated carbocycles. The minimum absolute atomic E-state index is 0.0605. The third-order valence-corrected chi connectivity index (χ3v) is 3.78. The Bertz CT molecular complexity index is 589. The summed E-state index contributed by atoms with van der Waals surface area (Å²) < 4.78 is 1.75. The maximum Gasteiger partial charge on any atom is 0.190 e. The first-order valence-electron chi connectivity index (χ1n) is 5.13. The molecule has 1 aromatic carbocycles. The number of fused-ring (bicyclic) bond motifs is 1. The maximum atomic E-state index is 12.0. The average molecular weight is 345 g/mol. The fourth-order valence-electron chi connectivity index (χ4n) is 1.75. The van der Waals surface area contributed by atoms with E-state index in [1.807, 2.05) is 12.1 Å². The van der Waals surface area contributed by atoms with Crippen LogP contribution >= 0.6 is 31.9 Å². The second-order valence-electron chi connectivity index (χ2n) is 3.69. The number of aromatic nitrogens is 1. The van der Waals surface area contributed by atoms with Crippen LogP contribution in [0.4, 0.5) is 0 Å². The zero-order chi connectivity index (χ0) is 11.7. The van der Waals surface area contributed by atoms with Gasteiger partial charge in [-0.1, -0.05) is 13.3 Å². The predicted octanol–water partition coefficient (Wildman–Crippen LogP) is 4.01. The first kappa shape index (κ1) is 11.9. The van der Waals surface area contributed by atoms with Gasteiger partial charge in [0.05, 0.1) is 10.9 Å². The maximum absolute atomic E-state index is 12.0. The van der Waals surface area contributed by atoms with Gasteiger partial charge in [0.15, 0.2) is 5.43 Å². The van der Waals surface area contributed by atoms with Gasteiger partial charge < -0.3 is 4.98 Å². The molecule has 2 rings (SSSR count). The van der Waals surface area contributed by atoms with Gasteiger partial charge in [-0.3, -0.25) is 4.79 Å². The zero-order valence-electron chi connectivity index (χ0n) is 8.81. The zero-order valence-corrected chi connectivity index (χ0v) is 12.0. The van der Waals surface area contributed by atoms with E-state index in [1.54, 1.807) is 6.07 Å². The molecule has 0 amide bonds. The van der Waals surface area contributed by atoms with Crippen molar-refractivity contribution in [3.63, 3.8) is 0 Å². The molecule has 0 aliphatic carbocycles. The highest BCUT2D eigenvalue weighted by atomic mass is 79.9. The van der Waals surface area contributed by atoms with Gasteiger partial charge in [0.25, 0.3) is 0 Å². The molecule has 0 saturated heterocycles. The van der Waals surface area contributed by atoms with E-state index in [4.69, 9.17) is 0 Å². The number of hydrogen-bond acceptors (Lipinski definition) is 1. The monoisotopic (exact) mass is 343 g/mol. The summed E-state index contributed by atoms with van der Waals surface area (Å²) in [7, 11) is 0. The van der Waals surface area contributed by atoms with Crippen molar-refractivity contribution in [3.8, 4) is 0 Å². The Labute approximate surface area is 110 Å². The third kappa shape index (κ3) is 2.09. The summed E-state index contributed by atoms with van der Waals surface area (Å²) in [5.41, 5.74) is 1.91. The van der Waals surface area contributed by atoms with Crippen molar-refractivity contribution >= 4 is 42.8 Å². The number of pyridine rings is 1. The topological polar surface area (TPSA) is 32.9 Å². The normalized spacial score (nSPS) is 10.9. The van der Waals surface area contributed by atoms with Crippen LogP contribution in [0, 0.1) is 0 Å². The summed E-state index contributed by atoms with van der Waals surface area (Å²) in [5, 5.41) is 0.703. The Morgan fingerprint density at radius 2 is 1.94 bits per heavy atom. The highest BCUT2D eigenvalue weighted by molar-refractivity contribution is 9.11. The van der Waals surface area contributed by atoms with Gasteiger partial charge in [-0.05, 0) is 50.4 Å². The largest absolute Gasteiger partial charge is 0.357 e. The summed E-state index contributed by atoms with van der Waals surface area (Å²) in [4.78, 5) is 15.3. The summed E-state index contributed by atoms with van der Waals surface area (Å²) in [6.07, 6.45) is 1.91. The Hall–Kier alpha value is -0.610. The van der Waals surface area contributed by atoms with Crippen LogP contribution in [-0.2, 0) is 6.42 Å².